The molecule has 1 aromatic heterocycles. The second-order valence-corrected chi connectivity index (χ2v) is 4.64. The number of anilines is 1. The molecule has 0 bridgehead atoms. The molecule has 0 radical (unpaired) electrons. The summed E-state index contributed by atoms with van der Waals surface area (Å²) in [5.74, 6) is 0.742. The Kier molecular flexibility index (Phi) is 5.62. The van der Waals surface area contributed by atoms with Crippen molar-refractivity contribution < 1.29 is 4.79 Å². The van der Waals surface area contributed by atoms with Crippen LogP contribution in [0.5, 0.6) is 0 Å². The summed E-state index contributed by atoms with van der Waals surface area (Å²) in [5, 5.41) is 6.13. The lowest BCUT2D eigenvalue weighted by molar-refractivity contribution is 0.0943. The Hall–Kier alpha value is -1.58. The maximum Gasteiger partial charge on any atom is 0.251 e. The zero-order valence-electron chi connectivity index (χ0n) is 11.7. The van der Waals surface area contributed by atoms with Gasteiger partial charge >= 0.3 is 0 Å². The van der Waals surface area contributed by atoms with Gasteiger partial charge in [0.05, 0.1) is 0 Å². The third kappa shape index (κ3) is 4.35. The number of carbonyl (C=O) groups is 1. The molecule has 100 valence electrons. The number of amides is 1. The molecule has 4 heteroatoms. The smallest absolute Gasteiger partial charge is 0.251 e. The number of rotatable bonds is 6. The number of hydrogen-bond acceptors (Lipinski definition) is 3. The zero-order valence-corrected chi connectivity index (χ0v) is 11.7. The Balaban J connectivity index is 2.92. The summed E-state index contributed by atoms with van der Waals surface area (Å²) in [6.07, 6.45) is 1.86. The standard InChI is InChI=1S/C14H23N3O/c1-5-7-15-13-9-11(8-12(6-2)17-13)14(18)16-10(3)4/h8-10H,5-7H2,1-4H3,(H,15,17)(H,16,18). The normalized spacial score (nSPS) is 10.5. The van der Waals surface area contributed by atoms with Crippen LogP contribution in [0.1, 0.15) is 50.2 Å². The molecule has 0 atom stereocenters. The molecule has 0 unspecified atom stereocenters. The van der Waals surface area contributed by atoms with Crippen molar-refractivity contribution in [3.05, 3.63) is 23.4 Å². The van der Waals surface area contributed by atoms with E-state index < -0.39 is 0 Å². The molecule has 2 N–H and O–H groups in total. The van der Waals surface area contributed by atoms with E-state index in [9.17, 15) is 4.79 Å². The van der Waals surface area contributed by atoms with Gasteiger partial charge in [-0.2, -0.15) is 0 Å². The van der Waals surface area contributed by atoms with Gasteiger partial charge < -0.3 is 10.6 Å². The predicted molar refractivity (Wildman–Crippen MR) is 75.0 cm³/mol. The highest BCUT2D eigenvalue weighted by Crippen LogP contribution is 2.11. The monoisotopic (exact) mass is 249 g/mol. The minimum Gasteiger partial charge on any atom is -0.370 e. The number of pyridine rings is 1. The quantitative estimate of drug-likeness (QED) is 0.815. The van der Waals surface area contributed by atoms with Crippen molar-refractivity contribution in [3.8, 4) is 0 Å². The van der Waals surface area contributed by atoms with Crippen LogP contribution in [0.4, 0.5) is 5.82 Å². The average molecular weight is 249 g/mol. The Labute approximate surface area is 109 Å². The van der Waals surface area contributed by atoms with Crippen molar-refractivity contribution in [2.24, 2.45) is 0 Å². The number of nitrogens with zero attached hydrogens (tertiary/aromatic N) is 1. The molecule has 1 heterocycles. The van der Waals surface area contributed by atoms with Gasteiger partial charge in [0.15, 0.2) is 0 Å². The molecule has 0 fully saturated rings. The molecule has 0 aliphatic heterocycles. The third-order valence-electron chi connectivity index (χ3n) is 2.48. The van der Waals surface area contributed by atoms with Crippen molar-refractivity contribution in [2.75, 3.05) is 11.9 Å². The Morgan fingerprint density at radius 1 is 1.33 bits per heavy atom. The predicted octanol–water partition coefficient (Wildman–Crippen LogP) is 2.60. The Morgan fingerprint density at radius 2 is 2.06 bits per heavy atom. The first-order chi connectivity index (χ1) is 8.56. The lowest BCUT2D eigenvalue weighted by Gasteiger charge is -2.11. The number of nitrogens with one attached hydrogen (secondary N) is 2. The molecular weight excluding hydrogens is 226 g/mol. The summed E-state index contributed by atoms with van der Waals surface area (Å²) >= 11 is 0. The van der Waals surface area contributed by atoms with Crippen LogP contribution in [0.25, 0.3) is 0 Å². The van der Waals surface area contributed by atoms with E-state index in [2.05, 4.69) is 22.5 Å². The molecular formula is C14H23N3O. The van der Waals surface area contributed by atoms with Gasteiger partial charge in [-0.05, 0) is 38.8 Å². The summed E-state index contributed by atoms with van der Waals surface area (Å²) in [7, 11) is 0. The second kappa shape index (κ2) is 6.99. The molecule has 1 amide bonds. The molecule has 0 aromatic carbocycles. The lowest BCUT2D eigenvalue weighted by atomic mass is 10.1. The summed E-state index contributed by atoms with van der Waals surface area (Å²) in [5.41, 5.74) is 1.61. The van der Waals surface area contributed by atoms with E-state index in [0.717, 1.165) is 30.9 Å². The number of aromatic nitrogens is 1. The Bertz CT molecular complexity index is 402. The van der Waals surface area contributed by atoms with E-state index >= 15 is 0 Å². The van der Waals surface area contributed by atoms with E-state index in [1.807, 2.05) is 32.9 Å². The van der Waals surface area contributed by atoms with Gasteiger partial charge in [0.2, 0.25) is 0 Å². The topological polar surface area (TPSA) is 54.0 Å². The summed E-state index contributed by atoms with van der Waals surface area (Å²) < 4.78 is 0. The molecule has 18 heavy (non-hydrogen) atoms. The van der Waals surface area contributed by atoms with Crippen LogP contribution >= 0.6 is 0 Å². The molecule has 0 aliphatic carbocycles. The van der Waals surface area contributed by atoms with Crippen molar-refractivity contribution in [1.29, 1.82) is 0 Å². The largest absolute Gasteiger partial charge is 0.370 e. The highest BCUT2D eigenvalue weighted by atomic mass is 16.1. The summed E-state index contributed by atoms with van der Waals surface area (Å²) in [6.45, 7) is 8.91. The van der Waals surface area contributed by atoms with Gasteiger partial charge in [-0.15, -0.1) is 0 Å². The van der Waals surface area contributed by atoms with E-state index in [1.54, 1.807) is 0 Å². The zero-order chi connectivity index (χ0) is 13.5. The van der Waals surface area contributed by atoms with Crippen LogP contribution in [-0.4, -0.2) is 23.5 Å². The molecule has 1 rings (SSSR count). The molecule has 4 nitrogen and oxygen atoms in total. The molecule has 0 saturated carbocycles. The van der Waals surface area contributed by atoms with Crippen molar-refractivity contribution in [2.45, 2.75) is 46.6 Å². The van der Waals surface area contributed by atoms with E-state index in [0.29, 0.717) is 5.56 Å². The van der Waals surface area contributed by atoms with Gasteiger partial charge in [0.1, 0.15) is 5.82 Å². The van der Waals surface area contributed by atoms with Crippen molar-refractivity contribution >= 4 is 11.7 Å². The first-order valence-corrected chi connectivity index (χ1v) is 6.62. The fraction of sp³-hybridized carbons (Fsp3) is 0.571. The summed E-state index contributed by atoms with van der Waals surface area (Å²) in [4.78, 5) is 16.4. The van der Waals surface area contributed by atoms with Crippen LogP contribution in [-0.2, 0) is 6.42 Å². The number of aryl methyl sites for hydroxylation is 1. The maximum absolute atomic E-state index is 12.0. The molecule has 0 saturated heterocycles. The SMILES string of the molecule is CCCNc1cc(C(=O)NC(C)C)cc(CC)n1. The first-order valence-electron chi connectivity index (χ1n) is 6.62. The van der Waals surface area contributed by atoms with E-state index in [-0.39, 0.29) is 11.9 Å². The van der Waals surface area contributed by atoms with Gasteiger partial charge in [-0.3, -0.25) is 4.79 Å². The van der Waals surface area contributed by atoms with Crippen LogP contribution in [0.3, 0.4) is 0 Å². The van der Waals surface area contributed by atoms with E-state index in [4.69, 9.17) is 0 Å². The molecule has 0 aliphatic rings. The molecule has 1 aromatic rings. The van der Waals surface area contributed by atoms with E-state index in [1.165, 1.54) is 0 Å². The average Bonchev–Trinajstić information content (AvgIpc) is 2.35. The summed E-state index contributed by atoms with van der Waals surface area (Å²) in [6, 6.07) is 3.81. The van der Waals surface area contributed by atoms with Crippen molar-refractivity contribution in [1.82, 2.24) is 10.3 Å². The van der Waals surface area contributed by atoms with Crippen LogP contribution in [0.2, 0.25) is 0 Å². The fourth-order valence-electron chi connectivity index (χ4n) is 1.59. The van der Waals surface area contributed by atoms with Gasteiger partial charge in [0, 0.05) is 23.8 Å². The third-order valence-corrected chi connectivity index (χ3v) is 2.48. The minimum atomic E-state index is -0.0401. The highest BCUT2D eigenvalue weighted by Gasteiger charge is 2.10. The van der Waals surface area contributed by atoms with Crippen LogP contribution < -0.4 is 10.6 Å². The second-order valence-electron chi connectivity index (χ2n) is 4.64. The van der Waals surface area contributed by atoms with Gasteiger partial charge in [0.25, 0.3) is 5.91 Å². The first kappa shape index (κ1) is 14.5. The number of carbonyl (C=O) groups excluding carboxylic acids is 1. The Morgan fingerprint density at radius 3 is 2.61 bits per heavy atom. The lowest BCUT2D eigenvalue weighted by Crippen LogP contribution is -2.30. The highest BCUT2D eigenvalue weighted by molar-refractivity contribution is 5.95. The van der Waals surface area contributed by atoms with Crippen LogP contribution in [0.15, 0.2) is 12.1 Å². The van der Waals surface area contributed by atoms with Crippen molar-refractivity contribution in [3.63, 3.8) is 0 Å². The fourth-order valence-corrected chi connectivity index (χ4v) is 1.59. The number of hydrogen-bond donors (Lipinski definition) is 2. The minimum absolute atomic E-state index is 0.0401. The molecule has 0 spiro atoms. The van der Waals surface area contributed by atoms with Crippen LogP contribution in [0, 0.1) is 0 Å². The van der Waals surface area contributed by atoms with Gasteiger partial charge in [-0.1, -0.05) is 13.8 Å². The maximum atomic E-state index is 12.0. The van der Waals surface area contributed by atoms with Gasteiger partial charge in [-0.25, -0.2) is 4.98 Å².